The Bertz CT molecular complexity index is 122. The first-order valence-electron chi connectivity index (χ1n) is 3.17. The molecule has 0 atom stereocenters. The summed E-state index contributed by atoms with van der Waals surface area (Å²) in [4.78, 5) is 15.8. The van der Waals surface area contributed by atoms with Crippen molar-refractivity contribution in [1.82, 2.24) is 5.06 Å². The molecule has 0 N–H and O–H groups in total. The van der Waals surface area contributed by atoms with Gasteiger partial charge in [0.15, 0.2) is 0 Å². The van der Waals surface area contributed by atoms with Gasteiger partial charge < -0.3 is 0 Å². The monoisotopic (exact) mass is 129 g/mol. The van der Waals surface area contributed by atoms with Crippen molar-refractivity contribution in [2.24, 2.45) is 0 Å². The third kappa shape index (κ3) is 1.21. The molecule has 1 fully saturated rings. The molecule has 0 spiro atoms. The van der Waals surface area contributed by atoms with Crippen LogP contribution in [0, 0.1) is 0 Å². The summed E-state index contributed by atoms with van der Waals surface area (Å²) >= 11 is 0. The molecule has 0 aromatic carbocycles. The molecular formula is C6H11NO2. The molecule has 0 aromatic heterocycles. The molecule has 1 rings (SSSR count). The van der Waals surface area contributed by atoms with Crippen LogP contribution in [0.4, 0.5) is 0 Å². The minimum atomic E-state index is 0.102. The summed E-state index contributed by atoms with van der Waals surface area (Å²) < 4.78 is 0. The molecule has 0 saturated carbocycles. The molecule has 1 saturated heterocycles. The minimum Gasteiger partial charge on any atom is -0.272 e. The summed E-state index contributed by atoms with van der Waals surface area (Å²) in [6, 6.07) is 0.181. The molecule has 3 heteroatoms. The highest BCUT2D eigenvalue weighted by Gasteiger charge is 2.23. The Balaban J connectivity index is 2.49. The lowest BCUT2D eigenvalue weighted by atomic mass is 10.3. The first-order chi connectivity index (χ1) is 4.22. The topological polar surface area (TPSA) is 29.5 Å². The van der Waals surface area contributed by atoms with Crippen molar-refractivity contribution in [1.29, 1.82) is 0 Å². The van der Waals surface area contributed by atoms with E-state index < -0.39 is 0 Å². The lowest BCUT2D eigenvalue weighted by Crippen LogP contribution is -2.30. The maximum absolute atomic E-state index is 10.8. The second kappa shape index (κ2) is 2.35. The molecule has 0 bridgehead atoms. The van der Waals surface area contributed by atoms with Gasteiger partial charge in [0.25, 0.3) is 0 Å². The van der Waals surface area contributed by atoms with E-state index in [2.05, 4.69) is 0 Å². The zero-order valence-corrected chi connectivity index (χ0v) is 5.76. The predicted octanol–water partition coefficient (Wildman–Crippen LogP) is 0.559. The van der Waals surface area contributed by atoms with Crippen LogP contribution in [0.5, 0.6) is 0 Å². The van der Waals surface area contributed by atoms with E-state index in [1.807, 2.05) is 13.8 Å². The fourth-order valence-electron chi connectivity index (χ4n) is 0.851. The van der Waals surface area contributed by atoms with E-state index in [9.17, 15) is 4.79 Å². The van der Waals surface area contributed by atoms with Crippen LogP contribution in [0.3, 0.4) is 0 Å². The van der Waals surface area contributed by atoms with Crippen LogP contribution >= 0.6 is 0 Å². The van der Waals surface area contributed by atoms with Crippen LogP contribution < -0.4 is 0 Å². The summed E-state index contributed by atoms with van der Waals surface area (Å²) in [6.45, 7) is 4.42. The van der Waals surface area contributed by atoms with E-state index in [0.29, 0.717) is 13.0 Å². The van der Waals surface area contributed by atoms with Crippen molar-refractivity contribution >= 4 is 5.91 Å². The lowest BCUT2D eigenvalue weighted by molar-refractivity contribution is -0.170. The number of hydrogen-bond acceptors (Lipinski definition) is 2. The van der Waals surface area contributed by atoms with Crippen LogP contribution in [-0.2, 0) is 9.63 Å². The van der Waals surface area contributed by atoms with E-state index in [0.717, 1.165) is 0 Å². The summed E-state index contributed by atoms with van der Waals surface area (Å²) in [6.07, 6.45) is 0.540. The van der Waals surface area contributed by atoms with Gasteiger partial charge >= 0.3 is 0 Å². The fourth-order valence-corrected chi connectivity index (χ4v) is 0.851. The van der Waals surface area contributed by atoms with E-state index in [1.165, 1.54) is 5.06 Å². The Kier molecular flexibility index (Phi) is 1.71. The number of amides is 1. The van der Waals surface area contributed by atoms with Gasteiger partial charge in [-0.2, -0.15) is 0 Å². The van der Waals surface area contributed by atoms with E-state index >= 15 is 0 Å². The van der Waals surface area contributed by atoms with Crippen LogP contribution in [0.1, 0.15) is 20.3 Å². The second-order valence-electron chi connectivity index (χ2n) is 2.40. The largest absolute Gasteiger partial charge is 0.272 e. The number of carbonyl (C=O) groups excluding carboxylic acids is 1. The van der Waals surface area contributed by atoms with Crippen LogP contribution in [0.25, 0.3) is 0 Å². The van der Waals surface area contributed by atoms with Gasteiger partial charge in [0.2, 0.25) is 5.91 Å². The van der Waals surface area contributed by atoms with Crippen molar-refractivity contribution in [3.63, 3.8) is 0 Å². The first-order valence-corrected chi connectivity index (χ1v) is 3.17. The lowest BCUT2D eigenvalue weighted by Gasteiger charge is -2.17. The maximum Gasteiger partial charge on any atom is 0.248 e. The molecule has 1 amide bonds. The van der Waals surface area contributed by atoms with Crippen LogP contribution in [-0.4, -0.2) is 23.6 Å². The van der Waals surface area contributed by atoms with Gasteiger partial charge in [0.1, 0.15) is 0 Å². The van der Waals surface area contributed by atoms with Crippen LogP contribution in [0.2, 0.25) is 0 Å². The smallest absolute Gasteiger partial charge is 0.248 e. The van der Waals surface area contributed by atoms with Crippen LogP contribution in [0.15, 0.2) is 0 Å². The molecule has 1 aliphatic heterocycles. The number of carbonyl (C=O) groups is 1. The molecule has 1 aliphatic rings. The fraction of sp³-hybridized carbons (Fsp3) is 0.833. The quantitative estimate of drug-likeness (QED) is 0.517. The maximum atomic E-state index is 10.8. The van der Waals surface area contributed by atoms with Crippen molar-refractivity contribution in [3.8, 4) is 0 Å². The van der Waals surface area contributed by atoms with E-state index in [1.54, 1.807) is 0 Å². The third-order valence-electron chi connectivity index (χ3n) is 1.26. The first kappa shape index (κ1) is 6.55. The Morgan fingerprint density at radius 1 is 1.67 bits per heavy atom. The minimum absolute atomic E-state index is 0.102. The average Bonchev–Trinajstić information content (AvgIpc) is 2.13. The predicted molar refractivity (Wildman–Crippen MR) is 32.6 cm³/mol. The SMILES string of the molecule is CC(C)N1OCCC1=O. The number of nitrogens with zero attached hydrogens (tertiary/aromatic N) is 1. The van der Waals surface area contributed by atoms with Gasteiger partial charge in [-0.25, -0.2) is 5.06 Å². The Hall–Kier alpha value is -0.570. The van der Waals surface area contributed by atoms with Gasteiger partial charge in [-0.15, -0.1) is 0 Å². The Labute approximate surface area is 54.5 Å². The average molecular weight is 129 g/mol. The van der Waals surface area contributed by atoms with Crippen molar-refractivity contribution in [2.75, 3.05) is 6.61 Å². The van der Waals surface area contributed by atoms with E-state index in [4.69, 9.17) is 4.84 Å². The second-order valence-corrected chi connectivity index (χ2v) is 2.40. The summed E-state index contributed by atoms with van der Waals surface area (Å²) in [5.41, 5.74) is 0. The molecule has 3 nitrogen and oxygen atoms in total. The molecule has 0 aliphatic carbocycles. The summed E-state index contributed by atoms with van der Waals surface area (Å²) in [5.74, 6) is 0.102. The molecule has 0 aromatic rings. The number of hydrogen-bond donors (Lipinski definition) is 0. The molecule has 0 unspecified atom stereocenters. The highest BCUT2D eigenvalue weighted by molar-refractivity contribution is 5.76. The highest BCUT2D eigenvalue weighted by Crippen LogP contribution is 2.09. The number of hydroxylamine groups is 2. The van der Waals surface area contributed by atoms with Crippen molar-refractivity contribution in [2.45, 2.75) is 26.3 Å². The normalized spacial score (nSPS) is 19.9. The van der Waals surface area contributed by atoms with Gasteiger partial charge in [0.05, 0.1) is 19.1 Å². The number of rotatable bonds is 1. The summed E-state index contributed by atoms with van der Waals surface area (Å²) in [5, 5.41) is 1.43. The molecule has 52 valence electrons. The molecule has 0 radical (unpaired) electrons. The Morgan fingerprint density at radius 2 is 2.33 bits per heavy atom. The zero-order valence-electron chi connectivity index (χ0n) is 5.76. The molecule has 1 heterocycles. The molecular weight excluding hydrogens is 118 g/mol. The Morgan fingerprint density at radius 3 is 2.56 bits per heavy atom. The van der Waals surface area contributed by atoms with Gasteiger partial charge in [-0.1, -0.05) is 0 Å². The van der Waals surface area contributed by atoms with Crippen molar-refractivity contribution < 1.29 is 9.63 Å². The highest BCUT2D eigenvalue weighted by atomic mass is 16.7. The van der Waals surface area contributed by atoms with Gasteiger partial charge in [-0.05, 0) is 13.8 Å². The van der Waals surface area contributed by atoms with Crippen molar-refractivity contribution in [3.05, 3.63) is 0 Å². The zero-order chi connectivity index (χ0) is 6.85. The summed E-state index contributed by atoms with van der Waals surface area (Å²) in [7, 11) is 0. The van der Waals surface area contributed by atoms with E-state index in [-0.39, 0.29) is 11.9 Å². The molecule has 9 heavy (non-hydrogen) atoms. The van der Waals surface area contributed by atoms with Gasteiger partial charge in [0, 0.05) is 0 Å². The third-order valence-corrected chi connectivity index (χ3v) is 1.26. The van der Waals surface area contributed by atoms with Gasteiger partial charge in [-0.3, -0.25) is 9.63 Å². The standard InChI is InChI=1S/C6H11NO2/c1-5(2)7-6(8)3-4-9-7/h5H,3-4H2,1-2H3.